The fourth-order valence-corrected chi connectivity index (χ4v) is 6.43. The molecule has 41 heavy (non-hydrogen) atoms. The Morgan fingerprint density at radius 3 is 2.73 bits per heavy atom. The highest BCUT2D eigenvalue weighted by molar-refractivity contribution is 7.93. The number of carboxylic acid groups (broad SMARTS) is 1. The number of aliphatic hydroxyl groups is 1. The molecule has 0 bridgehead atoms. The van der Waals surface area contributed by atoms with Crippen LogP contribution >= 0.6 is 11.6 Å². The molecular formula is C29H28ClFN2O7S. The first kappa shape index (κ1) is 28.8. The monoisotopic (exact) mass is 602 g/mol. The third-order valence-corrected chi connectivity index (χ3v) is 8.93. The Balaban J connectivity index is 1.57. The molecule has 3 aromatic rings. The van der Waals surface area contributed by atoms with E-state index in [0.29, 0.717) is 5.56 Å². The second-order valence-corrected chi connectivity index (χ2v) is 12.1. The number of halogens is 2. The van der Waals surface area contributed by atoms with Gasteiger partial charge in [-0.25, -0.2) is 17.8 Å². The van der Waals surface area contributed by atoms with Gasteiger partial charge in [-0.3, -0.25) is 9.10 Å². The lowest BCUT2D eigenvalue weighted by atomic mass is 10.1. The third-order valence-electron chi connectivity index (χ3n) is 6.82. The van der Waals surface area contributed by atoms with E-state index in [4.69, 9.17) is 21.1 Å². The summed E-state index contributed by atoms with van der Waals surface area (Å²) >= 11 is 6.15. The van der Waals surface area contributed by atoms with Gasteiger partial charge in [0.15, 0.2) is 0 Å². The van der Waals surface area contributed by atoms with E-state index >= 15 is 0 Å². The maximum atomic E-state index is 14.3. The maximum Gasteiger partial charge on any atom is 0.303 e. The summed E-state index contributed by atoms with van der Waals surface area (Å²) in [7, 11) is -4.30. The van der Waals surface area contributed by atoms with Gasteiger partial charge in [-0.2, -0.15) is 0 Å². The van der Waals surface area contributed by atoms with Crippen LogP contribution in [0, 0.1) is 5.82 Å². The van der Waals surface area contributed by atoms with Gasteiger partial charge < -0.3 is 19.7 Å². The molecule has 2 aromatic carbocycles. The molecule has 1 saturated carbocycles. The van der Waals surface area contributed by atoms with E-state index in [1.165, 1.54) is 22.5 Å². The molecule has 0 amide bonds. The highest BCUT2D eigenvalue weighted by Crippen LogP contribution is 2.44. The number of hydrogen-bond donors (Lipinski definition) is 2. The highest BCUT2D eigenvalue weighted by Gasteiger charge is 2.38. The van der Waals surface area contributed by atoms with Gasteiger partial charge in [0, 0.05) is 18.2 Å². The van der Waals surface area contributed by atoms with Crippen molar-refractivity contribution in [3.05, 3.63) is 76.2 Å². The molecule has 0 spiro atoms. The number of rotatable bonds is 11. The molecule has 5 rings (SSSR count). The zero-order chi connectivity index (χ0) is 29.1. The lowest BCUT2D eigenvalue weighted by molar-refractivity contribution is -0.137. The summed E-state index contributed by atoms with van der Waals surface area (Å²) in [4.78, 5) is 15.4. The Morgan fingerprint density at radius 2 is 2.02 bits per heavy atom. The minimum absolute atomic E-state index is 0.0858. The number of hydrogen-bond acceptors (Lipinski definition) is 7. The fraction of sp³-hybridized carbons (Fsp3) is 0.310. The summed E-state index contributed by atoms with van der Waals surface area (Å²) in [6.45, 7) is -0.625. The van der Waals surface area contributed by atoms with Crippen LogP contribution in [0.15, 0.2) is 53.6 Å². The quantitative estimate of drug-likeness (QED) is 0.290. The number of carboxylic acids is 1. The number of aromatic nitrogens is 1. The van der Waals surface area contributed by atoms with Crippen molar-refractivity contribution in [1.82, 2.24) is 4.98 Å². The van der Waals surface area contributed by atoms with Crippen LogP contribution in [-0.4, -0.2) is 55.4 Å². The van der Waals surface area contributed by atoms with Gasteiger partial charge in [-0.1, -0.05) is 29.8 Å². The Bertz CT molecular complexity index is 1570. The van der Waals surface area contributed by atoms with Crippen molar-refractivity contribution in [2.75, 3.05) is 24.1 Å². The zero-order valence-corrected chi connectivity index (χ0v) is 23.4. The van der Waals surface area contributed by atoms with Gasteiger partial charge in [0.2, 0.25) is 5.88 Å². The molecule has 0 saturated heterocycles. The average molecular weight is 603 g/mol. The minimum atomic E-state index is -4.30. The molecule has 0 radical (unpaired) electrons. The molecule has 1 fully saturated rings. The van der Waals surface area contributed by atoms with Crippen molar-refractivity contribution < 1.29 is 37.3 Å². The first-order valence-electron chi connectivity index (χ1n) is 13.1. The molecule has 2 heterocycles. The SMILES string of the molecule is O=C(O)CCC1CN(S(=O)(=O)c2cc(C3CC3)cnc2OCCO)c2cc(C=Cc3c(F)cccc3Cl)ccc2O1. The molecule has 1 aromatic heterocycles. The van der Waals surface area contributed by atoms with E-state index in [2.05, 4.69) is 4.98 Å². The van der Waals surface area contributed by atoms with Gasteiger partial charge in [-0.05, 0) is 72.7 Å². The van der Waals surface area contributed by atoms with Gasteiger partial charge in [0.05, 0.1) is 23.9 Å². The number of benzene rings is 2. The Morgan fingerprint density at radius 1 is 1.22 bits per heavy atom. The van der Waals surface area contributed by atoms with Crippen molar-refractivity contribution in [2.45, 2.75) is 42.6 Å². The van der Waals surface area contributed by atoms with Crippen LogP contribution < -0.4 is 13.8 Å². The molecule has 1 aliphatic heterocycles. The van der Waals surface area contributed by atoms with Crippen molar-refractivity contribution >= 4 is 45.4 Å². The van der Waals surface area contributed by atoms with E-state index in [-0.39, 0.29) is 71.3 Å². The van der Waals surface area contributed by atoms with Crippen molar-refractivity contribution in [2.24, 2.45) is 0 Å². The molecule has 12 heteroatoms. The van der Waals surface area contributed by atoms with Crippen molar-refractivity contribution in [3.8, 4) is 11.6 Å². The fourth-order valence-electron chi connectivity index (χ4n) is 4.59. The van der Waals surface area contributed by atoms with E-state index < -0.39 is 27.9 Å². The lowest BCUT2D eigenvalue weighted by Gasteiger charge is -2.35. The van der Waals surface area contributed by atoms with Crippen LogP contribution in [0.3, 0.4) is 0 Å². The molecule has 2 N–H and O–H groups in total. The maximum absolute atomic E-state index is 14.3. The van der Waals surface area contributed by atoms with Crippen LogP contribution in [-0.2, 0) is 14.8 Å². The average Bonchev–Trinajstić information content (AvgIpc) is 3.80. The van der Waals surface area contributed by atoms with Gasteiger partial charge in [0.1, 0.15) is 29.2 Å². The van der Waals surface area contributed by atoms with Crippen LogP contribution in [0.4, 0.5) is 10.1 Å². The Hall–Kier alpha value is -3.67. The molecular weight excluding hydrogens is 575 g/mol. The number of pyridine rings is 1. The summed E-state index contributed by atoms with van der Waals surface area (Å²) in [5, 5.41) is 18.7. The molecule has 2 aliphatic rings. The number of carbonyl (C=O) groups is 1. The number of aliphatic hydroxyl groups excluding tert-OH is 1. The lowest BCUT2D eigenvalue weighted by Crippen LogP contribution is -2.44. The number of ether oxygens (including phenoxy) is 2. The number of sulfonamides is 1. The first-order valence-corrected chi connectivity index (χ1v) is 14.9. The minimum Gasteiger partial charge on any atom is -0.486 e. The number of fused-ring (bicyclic) bond motifs is 1. The molecule has 216 valence electrons. The Kier molecular flexibility index (Phi) is 8.48. The van der Waals surface area contributed by atoms with E-state index in [1.807, 2.05) is 0 Å². The van der Waals surface area contributed by atoms with E-state index in [0.717, 1.165) is 18.4 Å². The van der Waals surface area contributed by atoms with Gasteiger partial charge >= 0.3 is 5.97 Å². The first-order chi connectivity index (χ1) is 19.7. The van der Waals surface area contributed by atoms with Crippen LogP contribution in [0.2, 0.25) is 5.02 Å². The van der Waals surface area contributed by atoms with Crippen LogP contribution in [0.1, 0.15) is 48.3 Å². The molecule has 9 nitrogen and oxygen atoms in total. The summed E-state index contributed by atoms with van der Waals surface area (Å²) in [5.74, 6) is -1.20. The third kappa shape index (κ3) is 6.47. The van der Waals surface area contributed by atoms with Crippen molar-refractivity contribution in [3.63, 3.8) is 0 Å². The summed E-state index contributed by atoms with van der Waals surface area (Å²) in [5.41, 5.74) is 1.74. The molecule has 1 aliphatic carbocycles. The number of anilines is 1. The zero-order valence-electron chi connectivity index (χ0n) is 21.9. The highest BCUT2D eigenvalue weighted by atomic mass is 35.5. The predicted molar refractivity (Wildman–Crippen MR) is 151 cm³/mol. The number of aliphatic carboxylic acids is 1. The summed E-state index contributed by atoms with van der Waals surface area (Å²) in [6, 6.07) is 10.8. The van der Waals surface area contributed by atoms with E-state index in [9.17, 15) is 27.8 Å². The summed E-state index contributed by atoms with van der Waals surface area (Å²) in [6.07, 6.45) is 5.70. The largest absolute Gasteiger partial charge is 0.486 e. The Labute approximate surface area is 241 Å². The summed E-state index contributed by atoms with van der Waals surface area (Å²) < 4.78 is 55.6. The standard InChI is InChI=1S/C29H28ClFN2O7S/c30-23-2-1-3-24(31)22(23)9-4-18-5-10-26-25(14-18)33(17-21(40-26)8-11-28(35)36)41(37,38)27-15-20(19-6-7-19)16-32-29(27)39-13-12-34/h1-5,9-10,14-16,19,21,34H,6-8,11-13,17H2,(H,35,36). The second kappa shape index (κ2) is 12.1. The number of nitrogens with zero attached hydrogens (tertiary/aromatic N) is 2. The smallest absolute Gasteiger partial charge is 0.303 e. The molecule has 1 unspecified atom stereocenters. The normalized spacial score (nSPS) is 16.9. The van der Waals surface area contributed by atoms with Gasteiger partial charge in [-0.15, -0.1) is 0 Å². The van der Waals surface area contributed by atoms with E-state index in [1.54, 1.807) is 42.6 Å². The second-order valence-electron chi connectivity index (χ2n) is 9.82. The van der Waals surface area contributed by atoms with Crippen LogP contribution in [0.5, 0.6) is 11.6 Å². The predicted octanol–water partition coefficient (Wildman–Crippen LogP) is 5.11. The van der Waals surface area contributed by atoms with Crippen LogP contribution in [0.25, 0.3) is 12.2 Å². The molecule has 1 atom stereocenters. The van der Waals surface area contributed by atoms with Crippen molar-refractivity contribution in [1.29, 1.82) is 0 Å². The topological polar surface area (TPSA) is 126 Å². The van der Waals surface area contributed by atoms with Gasteiger partial charge in [0.25, 0.3) is 10.0 Å².